The minimum atomic E-state index is 0.977. The standard InChI is InChI=1S/C14H21N/c1-4-5-6-10-15-11-14-9-7-8-12(2)13(14)3/h4-5,7-9,15H,6,10-11H2,1-3H3/b5-4+. The fourth-order valence-electron chi connectivity index (χ4n) is 1.58. The Morgan fingerprint density at radius 1 is 1.27 bits per heavy atom. The van der Waals surface area contributed by atoms with E-state index in [2.05, 4.69) is 56.4 Å². The van der Waals surface area contributed by atoms with Crippen molar-refractivity contribution in [1.29, 1.82) is 0 Å². The fourth-order valence-corrected chi connectivity index (χ4v) is 1.58. The van der Waals surface area contributed by atoms with Gasteiger partial charge in [0.2, 0.25) is 0 Å². The molecule has 1 aromatic carbocycles. The maximum atomic E-state index is 3.45. The molecular weight excluding hydrogens is 182 g/mol. The molecule has 0 amide bonds. The monoisotopic (exact) mass is 203 g/mol. The summed E-state index contributed by atoms with van der Waals surface area (Å²) >= 11 is 0. The molecule has 15 heavy (non-hydrogen) atoms. The van der Waals surface area contributed by atoms with Crippen LogP contribution in [-0.4, -0.2) is 6.54 Å². The van der Waals surface area contributed by atoms with Crippen molar-refractivity contribution in [3.63, 3.8) is 0 Å². The molecule has 0 bridgehead atoms. The fraction of sp³-hybridized carbons (Fsp3) is 0.429. The molecule has 0 aliphatic rings. The van der Waals surface area contributed by atoms with Crippen LogP contribution in [0.4, 0.5) is 0 Å². The van der Waals surface area contributed by atoms with Gasteiger partial charge >= 0.3 is 0 Å². The average Bonchev–Trinajstić information content (AvgIpc) is 2.24. The van der Waals surface area contributed by atoms with Crippen molar-refractivity contribution in [2.75, 3.05) is 6.54 Å². The van der Waals surface area contributed by atoms with Crippen LogP contribution in [0.15, 0.2) is 30.4 Å². The highest BCUT2D eigenvalue weighted by Gasteiger charge is 1.98. The van der Waals surface area contributed by atoms with Crippen LogP contribution in [0.25, 0.3) is 0 Å². The Balaban J connectivity index is 2.40. The molecule has 0 unspecified atom stereocenters. The van der Waals surface area contributed by atoms with Crippen molar-refractivity contribution in [2.45, 2.75) is 33.7 Å². The highest BCUT2D eigenvalue weighted by atomic mass is 14.8. The summed E-state index contributed by atoms with van der Waals surface area (Å²) in [5.74, 6) is 0. The van der Waals surface area contributed by atoms with E-state index >= 15 is 0 Å². The molecule has 0 spiro atoms. The zero-order chi connectivity index (χ0) is 11.1. The zero-order valence-corrected chi connectivity index (χ0v) is 10.0. The Labute approximate surface area is 93.2 Å². The molecule has 82 valence electrons. The lowest BCUT2D eigenvalue weighted by Gasteiger charge is -2.09. The molecular formula is C14H21N. The van der Waals surface area contributed by atoms with Crippen molar-refractivity contribution >= 4 is 0 Å². The molecule has 0 aliphatic heterocycles. The van der Waals surface area contributed by atoms with Gasteiger partial charge in [-0.25, -0.2) is 0 Å². The van der Waals surface area contributed by atoms with Gasteiger partial charge in [-0.15, -0.1) is 0 Å². The number of benzene rings is 1. The summed E-state index contributed by atoms with van der Waals surface area (Å²) < 4.78 is 0. The summed E-state index contributed by atoms with van der Waals surface area (Å²) in [5.41, 5.74) is 4.20. The van der Waals surface area contributed by atoms with Gasteiger partial charge in [0.05, 0.1) is 0 Å². The molecule has 0 saturated heterocycles. The number of hydrogen-bond acceptors (Lipinski definition) is 1. The van der Waals surface area contributed by atoms with Crippen molar-refractivity contribution in [3.8, 4) is 0 Å². The van der Waals surface area contributed by atoms with Gasteiger partial charge in [0.1, 0.15) is 0 Å². The number of aryl methyl sites for hydroxylation is 1. The van der Waals surface area contributed by atoms with Crippen LogP contribution in [0.2, 0.25) is 0 Å². The molecule has 1 N–H and O–H groups in total. The molecule has 0 heterocycles. The molecule has 1 aromatic rings. The molecule has 0 saturated carbocycles. The Hall–Kier alpha value is -1.08. The second-order valence-electron chi connectivity index (χ2n) is 3.89. The van der Waals surface area contributed by atoms with Crippen molar-refractivity contribution in [3.05, 3.63) is 47.0 Å². The number of allylic oxidation sites excluding steroid dienone is 1. The lowest BCUT2D eigenvalue weighted by molar-refractivity contribution is 0.692. The van der Waals surface area contributed by atoms with Crippen molar-refractivity contribution < 1.29 is 0 Å². The molecule has 1 rings (SSSR count). The third kappa shape index (κ3) is 3.88. The minimum absolute atomic E-state index is 0.977. The highest BCUT2D eigenvalue weighted by Crippen LogP contribution is 2.11. The Kier molecular flexibility index (Phi) is 5.13. The second kappa shape index (κ2) is 6.41. The Morgan fingerprint density at radius 2 is 2.07 bits per heavy atom. The number of rotatable bonds is 5. The summed E-state index contributed by atoms with van der Waals surface area (Å²) in [6.07, 6.45) is 5.40. The summed E-state index contributed by atoms with van der Waals surface area (Å²) in [4.78, 5) is 0. The van der Waals surface area contributed by atoms with E-state index in [-0.39, 0.29) is 0 Å². The predicted molar refractivity (Wildman–Crippen MR) is 67.1 cm³/mol. The normalized spacial score (nSPS) is 11.1. The largest absolute Gasteiger partial charge is 0.312 e. The first kappa shape index (κ1) is 12.0. The van der Waals surface area contributed by atoms with Gasteiger partial charge in [-0.05, 0) is 50.4 Å². The Morgan fingerprint density at radius 3 is 2.80 bits per heavy atom. The van der Waals surface area contributed by atoms with E-state index in [1.165, 1.54) is 16.7 Å². The lowest BCUT2D eigenvalue weighted by Crippen LogP contribution is -2.15. The van der Waals surface area contributed by atoms with Crippen molar-refractivity contribution in [1.82, 2.24) is 5.32 Å². The maximum absolute atomic E-state index is 3.45. The third-order valence-electron chi connectivity index (χ3n) is 2.76. The summed E-state index contributed by atoms with van der Waals surface area (Å²) in [6.45, 7) is 8.45. The van der Waals surface area contributed by atoms with Gasteiger partial charge in [0.25, 0.3) is 0 Å². The lowest BCUT2D eigenvalue weighted by atomic mass is 10.0. The van der Waals surface area contributed by atoms with Gasteiger partial charge in [0, 0.05) is 6.54 Å². The van der Waals surface area contributed by atoms with Crippen molar-refractivity contribution in [2.24, 2.45) is 0 Å². The van der Waals surface area contributed by atoms with Crippen LogP contribution in [0, 0.1) is 13.8 Å². The van der Waals surface area contributed by atoms with Crippen LogP contribution in [0.1, 0.15) is 30.0 Å². The Bertz CT molecular complexity index is 326. The maximum Gasteiger partial charge on any atom is 0.0208 e. The summed E-state index contributed by atoms with van der Waals surface area (Å²) in [7, 11) is 0. The van der Waals surface area contributed by atoms with E-state index in [0.29, 0.717) is 0 Å². The summed E-state index contributed by atoms with van der Waals surface area (Å²) in [6, 6.07) is 6.49. The molecule has 0 aliphatic carbocycles. The van der Waals surface area contributed by atoms with Gasteiger partial charge in [-0.3, -0.25) is 0 Å². The molecule has 0 radical (unpaired) electrons. The van der Waals surface area contributed by atoms with Crippen LogP contribution >= 0.6 is 0 Å². The molecule has 0 atom stereocenters. The topological polar surface area (TPSA) is 12.0 Å². The highest BCUT2D eigenvalue weighted by molar-refractivity contribution is 5.32. The van der Waals surface area contributed by atoms with Gasteiger partial charge in [-0.1, -0.05) is 30.4 Å². The molecule has 0 fully saturated rings. The second-order valence-corrected chi connectivity index (χ2v) is 3.89. The van der Waals surface area contributed by atoms with E-state index in [0.717, 1.165) is 19.5 Å². The molecule has 1 heteroatoms. The molecule has 1 nitrogen and oxygen atoms in total. The summed E-state index contributed by atoms with van der Waals surface area (Å²) in [5, 5.41) is 3.45. The van der Waals surface area contributed by atoms with E-state index < -0.39 is 0 Å². The van der Waals surface area contributed by atoms with E-state index in [4.69, 9.17) is 0 Å². The first-order valence-corrected chi connectivity index (χ1v) is 5.62. The van der Waals surface area contributed by atoms with Crippen LogP contribution in [0.3, 0.4) is 0 Å². The predicted octanol–water partition coefficient (Wildman–Crippen LogP) is 3.36. The molecule has 0 aromatic heterocycles. The first-order valence-electron chi connectivity index (χ1n) is 5.62. The quantitative estimate of drug-likeness (QED) is 0.571. The van der Waals surface area contributed by atoms with Gasteiger partial charge in [-0.2, -0.15) is 0 Å². The first-order chi connectivity index (χ1) is 7.25. The SMILES string of the molecule is C/C=C/CCNCc1cccc(C)c1C. The number of hydrogen-bond donors (Lipinski definition) is 1. The zero-order valence-electron chi connectivity index (χ0n) is 10.0. The van der Waals surface area contributed by atoms with Gasteiger partial charge < -0.3 is 5.32 Å². The van der Waals surface area contributed by atoms with E-state index in [9.17, 15) is 0 Å². The minimum Gasteiger partial charge on any atom is -0.312 e. The van der Waals surface area contributed by atoms with Gasteiger partial charge in [0.15, 0.2) is 0 Å². The number of nitrogens with one attached hydrogen (secondary N) is 1. The van der Waals surface area contributed by atoms with Crippen LogP contribution in [-0.2, 0) is 6.54 Å². The average molecular weight is 203 g/mol. The third-order valence-corrected chi connectivity index (χ3v) is 2.76. The van der Waals surface area contributed by atoms with Crippen LogP contribution < -0.4 is 5.32 Å². The van der Waals surface area contributed by atoms with E-state index in [1.807, 2.05) is 0 Å². The smallest absolute Gasteiger partial charge is 0.0208 e. The van der Waals surface area contributed by atoms with Crippen LogP contribution in [0.5, 0.6) is 0 Å². The van der Waals surface area contributed by atoms with E-state index in [1.54, 1.807) is 0 Å².